The number of rotatable bonds is 8. The van der Waals surface area contributed by atoms with Gasteiger partial charge in [-0.15, -0.1) is 36.2 Å². The maximum absolute atomic E-state index is 12.7. The van der Waals surface area contributed by atoms with Crippen molar-refractivity contribution in [3.05, 3.63) is 47.0 Å². The first-order valence-corrected chi connectivity index (χ1v) is 9.82. The molecule has 28 heavy (non-hydrogen) atoms. The van der Waals surface area contributed by atoms with E-state index >= 15 is 0 Å². The molecule has 1 saturated heterocycles. The Morgan fingerprint density at radius 1 is 1.21 bits per heavy atom. The van der Waals surface area contributed by atoms with Gasteiger partial charge in [-0.2, -0.15) is 0 Å². The molecule has 1 aliphatic heterocycles. The minimum Gasteiger partial charge on any atom is -0.341 e. The van der Waals surface area contributed by atoms with Gasteiger partial charge in [-0.25, -0.2) is 4.98 Å². The lowest BCUT2D eigenvalue weighted by molar-refractivity contribution is -0.130. The van der Waals surface area contributed by atoms with Crippen molar-refractivity contribution in [2.45, 2.75) is 25.7 Å². The van der Waals surface area contributed by atoms with Crippen LogP contribution >= 0.6 is 36.2 Å². The quantitative estimate of drug-likeness (QED) is 0.678. The SMILES string of the molecule is Cl.Cl.NCCN(CCc1ccccc1)C(=O)Cc1csc(N2CCCC2=O)n1. The molecule has 1 aromatic carbocycles. The topological polar surface area (TPSA) is 79.5 Å². The Kier molecular flexibility index (Phi) is 10.5. The van der Waals surface area contributed by atoms with Gasteiger partial charge in [0, 0.05) is 38.0 Å². The number of amides is 2. The minimum atomic E-state index is 0. The zero-order chi connectivity index (χ0) is 18.4. The van der Waals surface area contributed by atoms with E-state index in [1.54, 1.807) is 9.80 Å². The van der Waals surface area contributed by atoms with Gasteiger partial charge in [-0.3, -0.25) is 14.5 Å². The van der Waals surface area contributed by atoms with E-state index in [1.807, 2.05) is 23.6 Å². The van der Waals surface area contributed by atoms with Crippen molar-refractivity contribution in [2.75, 3.05) is 31.1 Å². The van der Waals surface area contributed by atoms with Crippen LogP contribution < -0.4 is 10.6 Å². The summed E-state index contributed by atoms with van der Waals surface area (Å²) in [7, 11) is 0. The van der Waals surface area contributed by atoms with Gasteiger partial charge in [0.25, 0.3) is 0 Å². The molecule has 2 aromatic rings. The molecular weight excluding hydrogens is 419 g/mol. The average Bonchev–Trinajstić information content (AvgIpc) is 3.28. The fraction of sp³-hybridized carbons (Fsp3) is 0.421. The molecule has 3 rings (SSSR count). The molecular formula is C19H26Cl2N4O2S. The van der Waals surface area contributed by atoms with Crippen LogP contribution in [0.5, 0.6) is 0 Å². The highest BCUT2D eigenvalue weighted by Crippen LogP contribution is 2.25. The van der Waals surface area contributed by atoms with E-state index in [0.29, 0.717) is 31.2 Å². The number of hydrogen-bond acceptors (Lipinski definition) is 5. The molecule has 0 aliphatic carbocycles. The largest absolute Gasteiger partial charge is 0.341 e. The lowest BCUT2D eigenvalue weighted by Gasteiger charge is -2.21. The van der Waals surface area contributed by atoms with Gasteiger partial charge >= 0.3 is 0 Å². The van der Waals surface area contributed by atoms with Crippen LogP contribution in [0.25, 0.3) is 0 Å². The Morgan fingerprint density at radius 3 is 2.61 bits per heavy atom. The fourth-order valence-electron chi connectivity index (χ4n) is 3.04. The summed E-state index contributed by atoms with van der Waals surface area (Å²) in [5.41, 5.74) is 7.60. The maximum atomic E-state index is 12.7. The molecule has 2 amide bonds. The van der Waals surface area contributed by atoms with E-state index in [1.165, 1.54) is 16.9 Å². The van der Waals surface area contributed by atoms with Crippen LogP contribution in [0.1, 0.15) is 24.1 Å². The standard InChI is InChI=1S/C19H24N4O2S.2ClH/c20-9-12-22(11-8-15-5-2-1-3-6-15)18(25)13-16-14-26-19(21-16)23-10-4-7-17(23)24;;/h1-3,5-6,14H,4,7-13,20H2;2*1H. The second kappa shape index (κ2) is 12.0. The zero-order valence-corrected chi connectivity index (χ0v) is 18.0. The number of carbonyl (C=O) groups excluding carboxylic acids is 2. The Balaban J connectivity index is 0.00000196. The van der Waals surface area contributed by atoms with Gasteiger partial charge in [0.05, 0.1) is 12.1 Å². The van der Waals surface area contributed by atoms with Crippen LogP contribution in [0, 0.1) is 0 Å². The summed E-state index contributed by atoms with van der Waals surface area (Å²) in [5.74, 6) is 0.140. The third kappa shape index (κ3) is 6.44. The van der Waals surface area contributed by atoms with Crippen LogP contribution in [-0.2, 0) is 22.4 Å². The molecule has 0 atom stereocenters. The predicted molar refractivity (Wildman–Crippen MR) is 118 cm³/mol. The molecule has 1 aromatic heterocycles. The minimum absolute atomic E-state index is 0. The average molecular weight is 445 g/mol. The smallest absolute Gasteiger partial charge is 0.228 e. The highest BCUT2D eigenvalue weighted by atomic mass is 35.5. The van der Waals surface area contributed by atoms with Crippen molar-refractivity contribution >= 4 is 53.1 Å². The second-order valence-electron chi connectivity index (χ2n) is 6.35. The van der Waals surface area contributed by atoms with Crippen molar-refractivity contribution < 1.29 is 9.59 Å². The summed E-state index contributed by atoms with van der Waals surface area (Å²) in [6.07, 6.45) is 2.50. The molecule has 6 nitrogen and oxygen atoms in total. The maximum Gasteiger partial charge on any atom is 0.228 e. The van der Waals surface area contributed by atoms with Crippen molar-refractivity contribution in [3.63, 3.8) is 0 Å². The van der Waals surface area contributed by atoms with Crippen LogP contribution in [0.2, 0.25) is 0 Å². The molecule has 1 aliphatic rings. The summed E-state index contributed by atoms with van der Waals surface area (Å²) in [6.45, 7) is 2.33. The van der Waals surface area contributed by atoms with Gasteiger partial charge in [0.2, 0.25) is 11.8 Å². The number of nitrogens with two attached hydrogens (primary N) is 1. The van der Waals surface area contributed by atoms with Crippen LogP contribution in [0.3, 0.4) is 0 Å². The van der Waals surface area contributed by atoms with Gasteiger partial charge in [0.1, 0.15) is 0 Å². The van der Waals surface area contributed by atoms with E-state index in [-0.39, 0.29) is 43.0 Å². The van der Waals surface area contributed by atoms with Crippen LogP contribution in [0.4, 0.5) is 5.13 Å². The van der Waals surface area contributed by atoms with Gasteiger partial charge in [-0.1, -0.05) is 30.3 Å². The van der Waals surface area contributed by atoms with Crippen LogP contribution in [0.15, 0.2) is 35.7 Å². The Morgan fingerprint density at radius 2 is 1.96 bits per heavy atom. The summed E-state index contributed by atoms with van der Waals surface area (Å²) < 4.78 is 0. The number of benzene rings is 1. The van der Waals surface area contributed by atoms with E-state index in [2.05, 4.69) is 17.1 Å². The first-order chi connectivity index (χ1) is 12.7. The van der Waals surface area contributed by atoms with Gasteiger partial charge < -0.3 is 10.6 Å². The Hall–Kier alpha value is -1.67. The highest BCUT2D eigenvalue weighted by Gasteiger charge is 2.24. The Bertz CT molecular complexity index is 757. The molecule has 1 fully saturated rings. The van der Waals surface area contributed by atoms with Crippen molar-refractivity contribution in [3.8, 4) is 0 Å². The normalized spacial score (nSPS) is 13.0. The lowest BCUT2D eigenvalue weighted by Crippen LogP contribution is -2.38. The second-order valence-corrected chi connectivity index (χ2v) is 7.19. The molecule has 9 heteroatoms. The van der Waals surface area contributed by atoms with Crippen molar-refractivity contribution in [2.24, 2.45) is 5.73 Å². The van der Waals surface area contributed by atoms with Gasteiger partial charge in [0.15, 0.2) is 5.13 Å². The third-order valence-electron chi connectivity index (χ3n) is 4.44. The number of anilines is 1. The highest BCUT2D eigenvalue weighted by molar-refractivity contribution is 7.14. The molecule has 0 bridgehead atoms. The first kappa shape index (κ1) is 24.4. The molecule has 0 radical (unpaired) electrons. The Labute approximate surface area is 181 Å². The van der Waals surface area contributed by atoms with Crippen molar-refractivity contribution in [1.29, 1.82) is 0 Å². The first-order valence-electron chi connectivity index (χ1n) is 8.94. The van der Waals surface area contributed by atoms with Gasteiger partial charge in [-0.05, 0) is 18.4 Å². The lowest BCUT2D eigenvalue weighted by atomic mass is 10.1. The van der Waals surface area contributed by atoms with Crippen molar-refractivity contribution in [1.82, 2.24) is 9.88 Å². The molecule has 0 spiro atoms. The molecule has 0 unspecified atom stereocenters. The van der Waals surface area contributed by atoms with E-state index in [0.717, 1.165) is 25.1 Å². The zero-order valence-electron chi connectivity index (χ0n) is 15.6. The predicted octanol–water partition coefficient (Wildman–Crippen LogP) is 2.69. The summed E-state index contributed by atoms with van der Waals surface area (Å²) >= 11 is 1.43. The molecule has 154 valence electrons. The summed E-state index contributed by atoms with van der Waals surface area (Å²) in [4.78, 5) is 32.5. The molecule has 0 saturated carbocycles. The summed E-state index contributed by atoms with van der Waals surface area (Å²) in [5, 5.41) is 2.57. The number of hydrogen-bond donors (Lipinski definition) is 1. The van der Waals surface area contributed by atoms with Crippen LogP contribution in [-0.4, -0.2) is 47.9 Å². The summed E-state index contributed by atoms with van der Waals surface area (Å²) in [6, 6.07) is 10.1. The number of thiazole rings is 1. The van der Waals surface area contributed by atoms with E-state index in [4.69, 9.17) is 5.73 Å². The van der Waals surface area contributed by atoms with E-state index in [9.17, 15) is 9.59 Å². The third-order valence-corrected chi connectivity index (χ3v) is 5.35. The number of aromatic nitrogens is 1. The number of nitrogens with zero attached hydrogens (tertiary/aromatic N) is 3. The molecule has 2 N–H and O–H groups in total. The molecule has 2 heterocycles. The van der Waals surface area contributed by atoms with E-state index < -0.39 is 0 Å². The fourth-order valence-corrected chi connectivity index (χ4v) is 3.91. The monoisotopic (exact) mass is 444 g/mol. The number of carbonyl (C=O) groups is 2. The number of halogens is 2.